The van der Waals surface area contributed by atoms with E-state index in [4.69, 9.17) is 0 Å². The molecule has 0 aliphatic carbocycles. The van der Waals surface area contributed by atoms with Gasteiger partial charge in [0.15, 0.2) is 0 Å². The largest absolute Gasteiger partial charge is 0.311 e. The zero-order valence-electron chi connectivity index (χ0n) is 69.2. The Morgan fingerprint density at radius 3 is 1.09 bits per heavy atom. The van der Waals surface area contributed by atoms with Gasteiger partial charge < -0.3 is 19.3 Å². The highest BCUT2D eigenvalue weighted by atomic mass is 15.2. The van der Waals surface area contributed by atoms with Crippen LogP contribution in [0.3, 0.4) is 0 Å². The summed E-state index contributed by atoms with van der Waals surface area (Å²) in [6.45, 7) is 35.2. The molecule has 2 aliphatic heterocycles. The van der Waals surface area contributed by atoms with Crippen LogP contribution >= 0.6 is 0 Å². The van der Waals surface area contributed by atoms with E-state index in [-0.39, 0.29) is 33.8 Å². The van der Waals surface area contributed by atoms with Crippen molar-refractivity contribution in [3.8, 4) is 72.4 Å². The van der Waals surface area contributed by atoms with Gasteiger partial charge in [-0.2, -0.15) is 0 Å². The Balaban J connectivity index is 1.01. The molecule has 1 aromatic heterocycles. The van der Waals surface area contributed by atoms with Gasteiger partial charge in [-0.15, -0.1) is 0 Å². The Hall–Kier alpha value is -12.4. The van der Waals surface area contributed by atoms with Crippen molar-refractivity contribution >= 4 is 96.1 Å². The summed E-state index contributed by atoms with van der Waals surface area (Å²) in [5.74, 6) is 0. The minimum absolute atomic E-state index is 0.115. The minimum Gasteiger partial charge on any atom is -0.311 e. The lowest BCUT2D eigenvalue weighted by molar-refractivity contribution is 0.568. The number of anilines is 9. The van der Waals surface area contributed by atoms with Crippen LogP contribution in [0.15, 0.2) is 340 Å². The molecule has 0 fully saturated rings. The van der Waals surface area contributed by atoms with Crippen molar-refractivity contribution < 1.29 is 0 Å². The fraction of sp³-hybridized carbons (Fsp3) is 0.182. The fourth-order valence-corrected chi connectivity index (χ4v) is 17.6. The van der Waals surface area contributed by atoms with E-state index in [1.165, 1.54) is 82.8 Å². The van der Waals surface area contributed by atoms with Crippen molar-refractivity contribution in [1.29, 1.82) is 0 Å². The molecule has 2 aliphatic rings. The van der Waals surface area contributed by atoms with Gasteiger partial charge in [-0.25, -0.2) is 0 Å². The number of benzene rings is 15. The van der Waals surface area contributed by atoms with Crippen LogP contribution in [0.1, 0.15) is 132 Å². The normalized spacial score (nSPS) is 12.9. The van der Waals surface area contributed by atoms with Crippen LogP contribution in [0.5, 0.6) is 0 Å². The summed E-state index contributed by atoms with van der Waals surface area (Å²) in [7, 11) is 0. The summed E-state index contributed by atoms with van der Waals surface area (Å²) in [5, 5.41) is 2.36. The predicted octanol–water partition coefficient (Wildman–Crippen LogP) is 28.8. The van der Waals surface area contributed by atoms with E-state index in [2.05, 4.69) is 463 Å². The van der Waals surface area contributed by atoms with Gasteiger partial charge in [0.1, 0.15) is 0 Å². The molecule has 0 unspecified atom stereocenters. The maximum Gasteiger partial charge on any atom is 0.252 e. The van der Waals surface area contributed by atoms with Gasteiger partial charge in [0.25, 0.3) is 6.71 Å². The Morgan fingerprint density at radius 1 is 0.235 bits per heavy atom. The van der Waals surface area contributed by atoms with E-state index in [0.29, 0.717) is 0 Å². The summed E-state index contributed by atoms with van der Waals surface area (Å²) in [6.07, 6.45) is 0. The third kappa shape index (κ3) is 13.7. The molecule has 0 atom stereocenters. The van der Waals surface area contributed by atoms with Gasteiger partial charge in [-0.05, 0) is 236 Å². The van der Waals surface area contributed by atoms with Gasteiger partial charge in [0, 0.05) is 73.1 Å². The Labute approximate surface area is 681 Å². The summed E-state index contributed by atoms with van der Waals surface area (Å²) >= 11 is 0. The SMILES string of the molecule is CC(C)(C)c1cc(-c2ccc3c(c2)N(c2c(-c4ccccc4)cc(C(C)(C)C)cc2-c2ccccc2)c2cc(-c4cc(C(C)(C)C)cc(C(C)(C)C)c4)cc4c2B3c2ccc(-n3c5ccccc5c5cc(N(c6ccccc6)c6ccccc6)ccc53)cc2N4c2cc(-c3ccccc3)cc(-c3ccccc3)c2)cc(C(C)(C)C)c1. The molecule has 3 heterocycles. The molecular formula is C110H101BN4. The molecule has 4 nitrogen and oxygen atoms in total. The number of hydrogen-bond acceptors (Lipinski definition) is 3. The summed E-state index contributed by atoms with van der Waals surface area (Å²) < 4.78 is 2.53. The molecule has 15 aromatic carbocycles. The van der Waals surface area contributed by atoms with Crippen LogP contribution in [0.25, 0.3) is 94.3 Å². The molecule has 5 heteroatoms. The van der Waals surface area contributed by atoms with E-state index in [1.807, 2.05) is 0 Å². The lowest BCUT2D eigenvalue weighted by Crippen LogP contribution is -2.61. The predicted molar refractivity (Wildman–Crippen MR) is 496 cm³/mol. The molecule has 0 spiro atoms. The van der Waals surface area contributed by atoms with E-state index in [9.17, 15) is 0 Å². The number of nitrogens with zero attached hydrogens (tertiary/aromatic N) is 4. The van der Waals surface area contributed by atoms with Crippen LogP contribution in [0, 0.1) is 0 Å². The first kappa shape index (κ1) is 74.0. The first-order valence-electron chi connectivity index (χ1n) is 41.1. The van der Waals surface area contributed by atoms with Crippen LogP contribution in [0.2, 0.25) is 0 Å². The van der Waals surface area contributed by atoms with Gasteiger partial charge in [-0.3, -0.25) is 0 Å². The number of aromatic nitrogens is 1. The average Bonchev–Trinajstić information content (AvgIpc) is 0.828. The fourth-order valence-electron chi connectivity index (χ4n) is 17.6. The van der Waals surface area contributed by atoms with Gasteiger partial charge in [0.05, 0.1) is 16.7 Å². The zero-order chi connectivity index (χ0) is 79.6. The topological polar surface area (TPSA) is 14.7 Å². The van der Waals surface area contributed by atoms with Crippen LogP contribution in [-0.2, 0) is 27.1 Å². The average molecular weight is 1490 g/mol. The summed E-state index contributed by atoms with van der Waals surface area (Å²) in [5.41, 5.74) is 36.7. The second-order valence-corrected chi connectivity index (χ2v) is 37.1. The Morgan fingerprint density at radius 2 is 0.609 bits per heavy atom. The second-order valence-electron chi connectivity index (χ2n) is 37.1. The van der Waals surface area contributed by atoms with Crippen molar-refractivity contribution in [2.75, 3.05) is 14.7 Å². The van der Waals surface area contributed by atoms with E-state index < -0.39 is 0 Å². The lowest BCUT2D eigenvalue weighted by Gasteiger charge is -2.45. The molecular weight excluding hydrogens is 1390 g/mol. The third-order valence-corrected chi connectivity index (χ3v) is 24.0. The molecule has 115 heavy (non-hydrogen) atoms. The zero-order valence-corrected chi connectivity index (χ0v) is 69.2. The molecule has 0 saturated heterocycles. The minimum atomic E-state index is -0.264. The van der Waals surface area contributed by atoms with Crippen molar-refractivity contribution in [1.82, 2.24) is 4.57 Å². The maximum absolute atomic E-state index is 2.75. The van der Waals surface area contributed by atoms with Crippen molar-refractivity contribution in [2.45, 2.75) is 131 Å². The summed E-state index contributed by atoms with van der Waals surface area (Å²) in [4.78, 5) is 7.81. The van der Waals surface area contributed by atoms with Crippen LogP contribution in [0.4, 0.5) is 51.2 Å². The van der Waals surface area contributed by atoms with E-state index in [1.54, 1.807) is 0 Å². The second kappa shape index (κ2) is 28.3. The van der Waals surface area contributed by atoms with Gasteiger partial charge >= 0.3 is 0 Å². The number of para-hydroxylation sites is 3. The molecule has 564 valence electrons. The highest BCUT2D eigenvalue weighted by Crippen LogP contribution is 2.55. The number of rotatable bonds is 12. The highest BCUT2D eigenvalue weighted by Gasteiger charge is 2.46. The smallest absolute Gasteiger partial charge is 0.252 e. The first-order valence-corrected chi connectivity index (χ1v) is 41.1. The Kier molecular flexibility index (Phi) is 18.2. The van der Waals surface area contributed by atoms with E-state index >= 15 is 0 Å². The Bertz CT molecular complexity index is 6180. The third-order valence-electron chi connectivity index (χ3n) is 24.0. The van der Waals surface area contributed by atoms with Crippen molar-refractivity contribution in [3.63, 3.8) is 0 Å². The lowest BCUT2D eigenvalue weighted by atomic mass is 9.33. The first-order chi connectivity index (χ1) is 55.2. The van der Waals surface area contributed by atoms with Crippen molar-refractivity contribution in [3.05, 3.63) is 368 Å². The van der Waals surface area contributed by atoms with Crippen molar-refractivity contribution in [2.24, 2.45) is 0 Å². The highest BCUT2D eigenvalue weighted by molar-refractivity contribution is 7.00. The van der Waals surface area contributed by atoms with Crippen LogP contribution in [-0.4, -0.2) is 11.3 Å². The van der Waals surface area contributed by atoms with Gasteiger partial charge in [0.2, 0.25) is 0 Å². The number of fused-ring (bicyclic) bond motifs is 7. The van der Waals surface area contributed by atoms with Gasteiger partial charge in [-0.1, -0.05) is 334 Å². The molecule has 0 N–H and O–H groups in total. The molecule has 0 saturated carbocycles. The van der Waals surface area contributed by atoms with E-state index in [0.717, 1.165) is 107 Å². The maximum atomic E-state index is 2.75. The van der Waals surface area contributed by atoms with Crippen LogP contribution < -0.4 is 31.1 Å². The molecule has 0 amide bonds. The molecule has 18 rings (SSSR count). The standard InChI is InChI=1S/C110H101BN4/c1-106(2,3)82-57-79(58-83(66-82)107(4,5)6)76-50-53-96-100(63-76)115(105-93(74-40-26-18-27-41-74)68-86(110(13,14)15)69-94(105)75-42-28-19-29-43-75)103-65-81(80-59-84(108(7,8)9)67-85(60-80)109(10,11)12)64-102-104(103)111(96)97-54-51-90(71-101(97)114(102)91-61-77(72-36-22-16-23-37-72)56-78(62-91)73-38-24-17-25-39-73)113-98-49-35-34-48-92(98)95-70-89(52-55-99(95)113)112(87-44-30-20-31-45-87)88-46-32-21-33-47-88/h16-71H,1-15H3. The quantitative estimate of drug-likeness (QED) is 0.113. The summed E-state index contributed by atoms with van der Waals surface area (Å²) in [6, 6.07) is 130. The number of hydrogen-bond donors (Lipinski definition) is 0. The monoisotopic (exact) mass is 1490 g/mol. The molecule has 0 bridgehead atoms. The molecule has 0 radical (unpaired) electrons. The molecule has 16 aromatic rings.